The summed E-state index contributed by atoms with van der Waals surface area (Å²) in [5.41, 5.74) is 0.995. The maximum atomic E-state index is 5.53. The minimum atomic E-state index is 0.529. The van der Waals surface area contributed by atoms with Gasteiger partial charge < -0.3 is 9.73 Å². The number of aromatic nitrogens is 1. The van der Waals surface area contributed by atoms with Gasteiger partial charge >= 0.3 is 0 Å². The van der Waals surface area contributed by atoms with Crippen molar-refractivity contribution < 1.29 is 4.42 Å². The van der Waals surface area contributed by atoms with E-state index in [-0.39, 0.29) is 0 Å². The molecule has 0 aliphatic rings. The molecule has 0 aliphatic heterocycles. The highest BCUT2D eigenvalue weighted by Gasteiger charge is 2.07. The number of hydrogen-bond donors (Lipinski definition) is 1. The number of nitrogens with one attached hydrogen (secondary N) is 1. The highest BCUT2D eigenvalue weighted by Crippen LogP contribution is 2.10. The predicted octanol–water partition coefficient (Wildman–Crippen LogP) is 3.60. The molecule has 3 nitrogen and oxygen atoms in total. The zero-order valence-corrected chi connectivity index (χ0v) is 11.8. The van der Waals surface area contributed by atoms with Crippen LogP contribution in [0.2, 0.25) is 0 Å². The fourth-order valence-electron chi connectivity index (χ4n) is 1.81. The van der Waals surface area contributed by atoms with Crippen LogP contribution < -0.4 is 5.32 Å². The molecule has 0 amide bonds. The van der Waals surface area contributed by atoms with Crippen molar-refractivity contribution in [3.05, 3.63) is 17.3 Å². The Morgan fingerprint density at radius 1 is 1.18 bits per heavy atom. The molecule has 1 N–H and O–H groups in total. The first kappa shape index (κ1) is 14.2. The van der Waals surface area contributed by atoms with Crippen LogP contribution in [0.5, 0.6) is 0 Å². The van der Waals surface area contributed by atoms with Crippen LogP contribution in [0.15, 0.2) is 4.42 Å². The van der Waals surface area contributed by atoms with Crippen LogP contribution in [0.4, 0.5) is 0 Å². The van der Waals surface area contributed by atoms with Gasteiger partial charge in [0.2, 0.25) is 5.89 Å². The van der Waals surface area contributed by atoms with Crippen molar-refractivity contribution in [1.82, 2.24) is 10.3 Å². The molecule has 1 rings (SSSR count). The summed E-state index contributed by atoms with van der Waals surface area (Å²) in [5.74, 6) is 2.53. The third-order valence-electron chi connectivity index (χ3n) is 3.09. The Labute approximate surface area is 105 Å². The molecule has 0 saturated carbocycles. The van der Waals surface area contributed by atoms with E-state index in [0.717, 1.165) is 29.8 Å². The first-order valence-corrected chi connectivity index (χ1v) is 6.65. The molecule has 1 unspecified atom stereocenters. The van der Waals surface area contributed by atoms with Crippen molar-refractivity contribution in [2.24, 2.45) is 5.92 Å². The summed E-state index contributed by atoms with van der Waals surface area (Å²) >= 11 is 0. The van der Waals surface area contributed by atoms with E-state index in [0.29, 0.717) is 6.04 Å². The number of oxazole rings is 1. The number of rotatable bonds is 7. The van der Waals surface area contributed by atoms with Crippen LogP contribution in [0.1, 0.15) is 57.4 Å². The van der Waals surface area contributed by atoms with Gasteiger partial charge in [-0.2, -0.15) is 0 Å². The first-order valence-electron chi connectivity index (χ1n) is 6.65. The van der Waals surface area contributed by atoms with Crippen LogP contribution in [0.3, 0.4) is 0 Å². The molecular formula is C14H26N2O. The largest absolute Gasteiger partial charge is 0.444 e. The summed E-state index contributed by atoms with van der Waals surface area (Å²) in [7, 11) is 0. The molecule has 0 aromatic carbocycles. The Balaban J connectivity index is 2.21. The standard InChI is InChI=1S/C14H26N2O/c1-10(2)7-6-8-11(3)15-9-14-16-12(4)13(5)17-14/h10-11,15H,6-9H2,1-5H3. The summed E-state index contributed by atoms with van der Waals surface area (Å²) in [6.07, 6.45) is 3.82. The molecule has 1 aromatic heterocycles. The summed E-state index contributed by atoms with van der Waals surface area (Å²) in [6.45, 7) is 11.4. The van der Waals surface area contributed by atoms with Gasteiger partial charge in [-0.05, 0) is 33.1 Å². The second-order valence-electron chi connectivity index (χ2n) is 5.36. The molecule has 17 heavy (non-hydrogen) atoms. The van der Waals surface area contributed by atoms with E-state index in [1.54, 1.807) is 0 Å². The van der Waals surface area contributed by atoms with E-state index in [1.807, 2.05) is 13.8 Å². The molecular weight excluding hydrogens is 212 g/mol. The minimum Gasteiger partial charge on any atom is -0.444 e. The molecule has 3 heteroatoms. The lowest BCUT2D eigenvalue weighted by molar-refractivity contribution is 0.407. The second-order valence-corrected chi connectivity index (χ2v) is 5.36. The van der Waals surface area contributed by atoms with Crippen LogP contribution in [-0.4, -0.2) is 11.0 Å². The van der Waals surface area contributed by atoms with E-state index in [9.17, 15) is 0 Å². The third kappa shape index (κ3) is 5.35. The summed E-state index contributed by atoms with van der Waals surface area (Å²) in [4.78, 5) is 4.36. The quantitative estimate of drug-likeness (QED) is 0.788. The van der Waals surface area contributed by atoms with Gasteiger partial charge in [0.1, 0.15) is 5.76 Å². The van der Waals surface area contributed by atoms with Gasteiger partial charge in [0.05, 0.1) is 12.2 Å². The van der Waals surface area contributed by atoms with E-state index in [1.165, 1.54) is 19.3 Å². The van der Waals surface area contributed by atoms with E-state index in [2.05, 4.69) is 31.1 Å². The van der Waals surface area contributed by atoms with E-state index < -0.39 is 0 Å². The highest BCUT2D eigenvalue weighted by atomic mass is 16.4. The molecule has 0 saturated heterocycles. The van der Waals surface area contributed by atoms with E-state index in [4.69, 9.17) is 4.42 Å². The molecule has 0 fully saturated rings. The third-order valence-corrected chi connectivity index (χ3v) is 3.09. The number of hydrogen-bond acceptors (Lipinski definition) is 3. The molecule has 0 aliphatic carbocycles. The zero-order valence-electron chi connectivity index (χ0n) is 11.8. The van der Waals surface area contributed by atoms with Gasteiger partial charge in [-0.25, -0.2) is 4.98 Å². The van der Waals surface area contributed by atoms with Crippen molar-refractivity contribution in [1.29, 1.82) is 0 Å². The highest BCUT2D eigenvalue weighted by molar-refractivity contribution is 5.05. The van der Waals surface area contributed by atoms with Gasteiger partial charge in [-0.3, -0.25) is 0 Å². The zero-order chi connectivity index (χ0) is 12.8. The van der Waals surface area contributed by atoms with Crippen molar-refractivity contribution in [2.75, 3.05) is 0 Å². The minimum absolute atomic E-state index is 0.529. The summed E-state index contributed by atoms with van der Waals surface area (Å²) in [5, 5.41) is 3.46. The topological polar surface area (TPSA) is 38.1 Å². The van der Waals surface area contributed by atoms with Gasteiger partial charge in [0.15, 0.2) is 0 Å². The second kappa shape index (κ2) is 6.80. The fourth-order valence-corrected chi connectivity index (χ4v) is 1.81. The Morgan fingerprint density at radius 2 is 1.88 bits per heavy atom. The summed E-state index contributed by atoms with van der Waals surface area (Å²) in [6, 6.07) is 0.529. The monoisotopic (exact) mass is 238 g/mol. The normalized spacial score (nSPS) is 13.3. The molecule has 0 bridgehead atoms. The Hall–Kier alpha value is -0.830. The van der Waals surface area contributed by atoms with Crippen molar-refractivity contribution in [3.63, 3.8) is 0 Å². The van der Waals surface area contributed by atoms with Crippen molar-refractivity contribution in [2.45, 2.75) is 66.5 Å². The SMILES string of the molecule is Cc1nc(CNC(C)CCCC(C)C)oc1C. The Morgan fingerprint density at radius 3 is 2.41 bits per heavy atom. The molecule has 1 aromatic rings. The van der Waals surface area contributed by atoms with Gasteiger partial charge in [-0.1, -0.05) is 26.7 Å². The molecule has 1 atom stereocenters. The lowest BCUT2D eigenvalue weighted by atomic mass is 10.0. The van der Waals surface area contributed by atoms with Crippen LogP contribution in [-0.2, 0) is 6.54 Å². The summed E-state index contributed by atoms with van der Waals surface area (Å²) < 4.78 is 5.53. The van der Waals surface area contributed by atoms with E-state index >= 15 is 0 Å². The molecule has 0 radical (unpaired) electrons. The van der Waals surface area contributed by atoms with Crippen molar-refractivity contribution in [3.8, 4) is 0 Å². The van der Waals surface area contributed by atoms with Gasteiger partial charge in [0, 0.05) is 6.04 Å². The van der Waals surface area contributed by atoms with Crippen LogP contribution in [0, 0.1) is 19.8 Å². The number of nitrogens with zero attached hydrogens (tertiary/aromatic N) is 1. The maximum Gasteiger partial charge on any atom is 0.208 e. The maximum absolute atomic E-state index is 5.53. The Kier molecular flexibility index (Phi) is 5.69. The van der Waals surface area contributed by atoms with Gasteiger partial charge in [-0.15, -0.1) is 0 Å². The van der Waals surface area contributed by atoms with Crippen LogP contribution >= 0.6 is 0 Å². The van der Waals surface area contributed by atoms with Gasteiger partial charge in [0.25, 0.3) is 0 Å². The molecule has 0 spiro atoms. The van der Waals surface area contributed by atoms with Crippen LogP contribution in [0.25, 0.3) is 0 Å². The fraction of sp³-hybridized carbons (Fsp3) is 0.786. The average Bonchev–Trinajstić information content (AvgIpc) is 2.55. The molecule has 1 heterocycles. The number of aryl methyl sites for hydroxylation is 2. The first-order chi connectivity index (χ1) is 7.99. The lowest BCUT2D eigenvalue weighted by Crippen LogP contribution is -2.25. The lowest BCUT2D eigenvalue weighted by Gasteiger charge is -2.13. The Bertz CT molecular complexity index is 311. The average molecular weight is 238 g/mol. The smallest absolute Gasteiger partial charge is 0.208 e. The predicted molar refractivity (Wildman–Crippen MR) is 71.0 cm³/mol. The molecule has 98 valence electrons. The van der Waals surface area contributed by atoms with Crippen molar-refractivity contribution >= 4 is 0 Å².